The Morgan fingerprint density at radius 3 is 3.08 bits per heavy atom. The highest BCUT2D eigenvalue weighted by atomic mass is 32.2. The Balaban J connectivity index is 1.44. The SMILES string of the molecule is O=C(Nc1nc(-c2cccnc2)cs1)c1ccnc(OC2CCSC2)c1. The second-order valence-corrected chi connectivity index (χ2v) is 7.73. The third kappa shape index (κ3) is 4.03. The molecule has 1 unspecified atom stereocenters. The van der Waals surface area contributed by atoms with E-state index in [0.29, 0.717) is 16.6 Å². The Kier molecular flexibility index (Phi) is 5.12. The van der Waals surface area contributed by atoms with Crippen LogP contribution in [-0.4, -0.2) is 38.5 Å². The third-order valence-electron chi connectivity index (χ3n) is 3.85. The van der Waals surface area contributed by atoms with E-state index < -0.39 is 0 Å². The quantitative estimate of drug-likeness (QED) is 0.722. The van der Waals surface area contributed by atoms with Crippen molar-refractivity contribution in [3.05, 3.63) is 53.8 Å². The van der Waals surface area contributed by atoms with Crippen LogP contribution in [0.3, 0.4) is 0 Å². The van der Waals surface area contributed by atoms with Crippen LogP contribution < -0.4 is 10.1 Å². The first-order valence-corrected chi connectivity index (χ1v) is 10.2. The summed E-state index contributed by atoms with van der Waals surface area (Å²) in [6.07, 6.45) is 6.24. The summed E-state index contributed by atoms with van der Waals surface area (Å²) in [6.45, 7) is 0. The highest BCUT2D eigenvalue weighted by Gasteiger charge is 2.18. The molecule has 4 heterocycles. The van der Waals surface area contributed by atoms with Gasteiger partial charge in [-0.25, -0.2) is 9.97 Å². The van der Waals surface area contributed by atoms with E-state index in [-0.39, 0.29) is 12.0 Å². The van der Waals surface area contributed by atoms with Crippen LogP contribution in [0.4, 0.5) is 5.13 Å². The molecule has 1 saturated heterocycles. The van der Waals surface area contributed by atoms with Gasteiger partial charge >= 0.3 is 0 Å². The Labute approximate surface area is 159 Å². The Bertz CT molecular complexity index is 895. The molecule has 1 atom stereocenters. The molecule has 132 valence electrons. The first-order valence-electron chi connectivity index (χ1n) is 8.16. The number of thioether (sulfide) groups is 1. The van der Waals surface area contributed by atoms with Crippen molar-refractivity contribution < 1.29 is 9.53 Å². The van der Waals surface area contributed by atoms with Gasteiger partial charge in [-0.1, -0.05) is 0 Å². The summed E-state index contributed by atoms with van der Waals surface area (Å²) in [5.41, 5.74) is 2.20. The van der Waals surface area contributed by atoms with Crippen molar-refractivity contribution in [1.82, 2.24) is 15.0 Å². The number of amides is 1. The Morgan fingerprint density at radius 1 is 1.31 bits per heavy atom. The smallest absolute Gasteiger partial charge is 0.257 e. The van der Waals surface area contributed by atoms with E-state index in [1.807, 2.05) is 29.3 Å². The molecule has 1 N–H and O–H groups in total. The zero-order chi connectivity index (χ0) is 17.8. The lowest BCUT2D eigenvalue weighted by atomic mass is 10.2. The van der Waals surface area contributed by atoms with E-state index in [1.54, 1.807) is 30.7 Å². The monoisotopic (exact) mass is 384 g/mol. The fraction of sp³-hybridized carbons (Fsp3) is 0.222. The van der Waals surface area contributed by atoms with Gasteiger partial charge in [0.25, 0.3) is 5.91 Å². The van der Waals surface area contributed by atoms with Crippen molar-refractivity contribution in [3.8, 4) is 17.1 Å². The van der Waals surface area contributed by atoms with E-state index in [9.17, 15) is 4.79 Å². The van der Waals surface area contributed by atoms with Gasteiger partial charge in [0, 0.05) is 46.9 Å². The van der Waals surface area contributed by atoms with Crippen molar-refractivity contribution in [3.63, 3.8) is 0 Å². The number of ether oxygens (including phenoxy) is 1. The number of anilines is 1. The molecule has 0 radical (unpaired) electrons. The second-order valence-electron chi connectivity index (χ2n) is 5.72. The lowest BCUT2D eigenvalue weighted by molar-refractivity contribution is 0.102. The van der Waals surface area contributed by atoms with Crippen LogP contribution in [0.2, 0.25) is 0 Å². The van der Waals surface area contributed by atoms with Gasteiger partial charge in [0.1, 0.15) is 6.10 Å². The van der Waals surface area contributed by atoms with Crippen molar-refractivity contribution >= 4 is 34.1 Å². The summed E-state index contributed by atoms with van der Waals surface area (Å²) in [5.74, 6) is 2.33. The third-order valence-corrected chi connectivity index (χ3v) is 5.74. The summed E-state index contributed by atoms with van der Waals surface area (Å²) in [7, 11) is 0. The van der Waals surface area contributed by atoms with Gasteiger partial charge in [0.15, 0.2) is 5.13 Å². The maximum Gasteiger partial charge on any atom is 0.257 e. The van der Waals surface area contributed by atoms with Gasteiger partial charge in [-0.15, -0.1) is 11.3 Å². The average Bonchev–Trinajstić information content (AvgIpc) is 3.35. The van der Waals surface area contributed by atoms with Gasteiger partial charge in [0.05, 0.1) is 5.69 Å². The van der Waals surface area contributed by atoms with Crippen LogP contribution >= 0.6 is 23.1 Å². The number of hydrogen-bond acceptors (Lipinski definition) is 7. The van der Waals surface area contributed by atoms with E-state index >= 15 is 0 Å². The fourth-order valence-corrected chi connectivity index (χ4v) is 4.35. The summed E-state index contributed by atoms with van der Waals surface area (Å²) in [5, 5.41) is 5.27. The molecule has 1 aliphatic rings. The number of aromatic nitrogens is 3. The fourth-order valence-electron chi connectivity index (χ4n) is 2.54. The largest absolute Gasteiger partial charge is 0.473 e. The van der Waals surface area contributed by atoms with Crippen LogP contribution in [0.25, 0.3) is 11.3 Å². The highest BCUT2D eigenvalue weighted by Crippen LogP contribution is 2.25. The minimum Gasteiger partial charge on any atom is -0.473 e. The molecule has 0 saturated carbocycles. The molecule has 0 bridgehead atoms. The number of carbonyl (C=O) groups is 1. The first-order chi connectivity index (χ1) is 12.8. The lowest BCUT2D eigenvalue weighted by Gasteiger charge is -2.11. The molecule has 3 aromatic rings. The first kappa shape index (κ1) is 17.0. The molecule has 6 nitrogen and oxygen atoms in total. The molecular weight excluding hydrogens is 368 g/mol. The number of thiazole rings is 1. The van der Waals surface area contributed by atoms with Gasteiger partial charge in [-0.05, 0) is 30.4 Å². The predicted molar refractivity (Wildman–Crippen MR) is 104 cm³/mol. The van der Waals surface area contributed by atoms with Gasteiger partial charge < -0.3 is 4.74 Å². The van der Waals surface area contributed by atoms with E-state index in [0.717, 1.165) is 29.2 Å². The van der Waals surface area contributed by atoms with Crippen LogP contribution in [0.5, 0.6) is 5.88 Å². The number of pyridine rings is 2. The van der Waals surface area contributed by atoms with Gasteiger partial charge in [-0.3, -0.25) is 15.1 Å². The molecule has 8 heteroatoms. The molecule has 3 aromatic heterocycles. The maximum atomic E-state index is 12.5. The molecular formula is C18H16N4O2S2. The summed E-state index contributed by atoms with van der Waals surface area (Å²) < 4.78 is 5.85. The standard InChI is InChI=1S/C18H16N4O2S2/c23-17(12-3-6-20-16(8-12)24-14-4-7-25-10-14)22-18-21-15(11-26-18)13-2-1-5-19-9-13/h1-3,5-6,8-9,11,14H,4,7,10H2,(H,21,22,23). The summed E-state index contributed by atoms with van der Waals surface area (Å²) in [6, 6.07) is 7.13. The number of nitrogens with one attached hydrogen (secondary N) is 1. The van der Waals surface area contributed by atoms with Crippen molar-refractivity contribution in [1.29, 1.82) is 0 Å². The predicted octanol–water partition coefficient (Wildman–Crippen LogP) is 3.74. The van der Waals surface area contributed by atoms with Gasteiger partial charge in [-0.2, -0.15) is 11.8 Å². The Morgan fingerprint density at radius 2 is 2.27 bits per heavy atom. The molecule has 1 aliphatic heterocycles. The normalized spacial score (nSPS) is 16.4. The van der Waals surface area contributed by atoms with Crippen LogP contribution in [0.15, 0.2) is 48.2 Å². The lowest BCUT2D eigenvalue weighted by Crippen LogP contribution is -2.17. The van der Waals surface area contributed by atoms with Crippen molar-refractivity contribution in [2.75, 3.05) is 16.8 Å². The second kappa shape index (κ2) is 7.84. The molecule has 0 spiro atoms. The summed E-state index contributed by atoms with van der Waals surface area (Å²) >= 11 is 3.25. The van der Waals surface area contributed by atoms with E-state index in [1.165, 1.54) is 11.3 Å². The van der Waals surface area contributed by atoms with E-state index in [2.05, 4.69) is 20.3 Å². The minimum absolute atomic E-state index is 0.173. The number of rotatable bonds is 5. The topological polar surface area (TPSA) is 77.0 Å². The zero-order valence-electron chi connectivity index (χ0n) is 13.8. The maximum absolute atomic E-state index is 12.5. The average molecular weight is 384 g/mol. The zero-order valence-corrected chi connectivity index (χ0v) is 15.4. The van der Waals surface area contributed by atoms with E-state index in [4.69, 9.17) is 4.74 Å². The van der Waals surface area contributed by atoms with Crippen LogP contribution in [-0.2, 0) is 0 Å². The highest BCUT2D eigenvalue weighted by molar-refractivity contribution is 7.99. The molecule has 1 fully saturated rings. The number of carbonyl (C=O) groups excluding carboxylic acids is 1. The van der Waals surface area contributed by atoms with Crippen molar-refractivity contribution in [2.24, 2.45) is 0 Å². The molecule has 0 aliphatic carbocycles. The number of nitrogens with zero attached hydrogens (tertiary/aromatic N) is 3. The van der Waals surface area contributed by atoms with Crippen molar-refractivity contribution in [2.45, 2.75) is 12.5 Å². The number of hydrogen-bond donors (Lipinski definition) is 1. The minimum atomic E-state index is -0.231. The van der Waals surface area contributed by atoms with Crippen LogP contribution in [0, 0.1) is 0 Å². The van der Waals surface area contributed by atoms with Gasteiger partial charge in [0.2, 0.25) is 5.88 Å². The molecule has 26 heavy (non-hydrogen) atoms. The molecule has 4 rings (SSSR count). The summed E-state index contributed by atoms with van der Waals surface area (Å²) in [4.78, 5) is 25.2. The van der Waals surface area contributed by atoms with Crippen LogP contribution in [0.1, 0.15) is 16.8 Å². The molecule has 0 aromatic carbocycles. The Hall–Kier alpha value is -2.45. The molecule has 1 amide bonds.